The van der Waals surface area contributed by atoms with Gasteiger partial charge in [0.1, 0.15) is 19.8 Å². The van der Waals surface area contributed by atoms with Crippen LogP contribution in [-0.2, 0) is 32.7 Å². The number of hydrogen-bond donors (Lipinski definition) is 1. The Bertz CT molecular complexity index is 1260. The fourth-order valence-electron chi connectivity index (χ4n) is 5.36. The Kier molecular flexibility index (Phi) is 37.7. The van der Waals surface area contributed by atoms with Crippen molar-refractivity contribution in [2.75, 3.05) is 47.5 Å². The molecule has 0 amide bonds. The van der Waals surface area contributed by atoms with E-state index in [0.717, 1.165) is 64.2 Å². The van der Waals surface area contributed by atoms with E-state index in [9.17, 15) is 19.0 Å². The number of phosphoric ester groups is 1. The molecule has 1 N–H and O–H groups in total. The Morgan fingerprint density at radius 3 is 1.41 bits per heavy atom. The Balaban J connectivity index is 4.51. The molecule has 9 nitrogen and oxygen atoms in total. The van der Waals surface area contributed by atoms with Crippen LogP contribution in [0.5, 0.6) is 0 Å². The number of rotatable bonds is 39. The quantitative estimate of drug-likeness (QED) is 0.0214. The number of carbonyl (C=O) groups is 2. The molecule has 332 valence electrons. The summed E-state index contributed by atoms with van der Waals surface area (Å²) in [6.07, 6.45) is 50.6. The van der Waals surface area contributed by atoms with Gasteiger partial charge in [-0.2, -0.15) is 0 Å². The largest absolute Gasteiger partial charge is 0.472 e. The topological polar surface area (TPSA) is 108 Å². The molecule has 10 heteroatoms. The van der Waals surface area contributed by atoms with E-state index >= 15 is 0 Å². The van der Waals surface area contributed by atoms with Crippen LogP contribution in [0.15, 0.2) is 85.1 Å². The predicted molar refractivity (Wildman–Crippen MR) is 242 cm³/mol. The van der Waals surface area contributed by atoms with Crippen LogP contribution >= 0.6 is 7.82 Å². The lowest BCUT2D eigenvalue weighted by molar-refractivity contribution is -0.870. The summed E-state index contributed by atoms with van der Waals surface area (Å²) in [7, 11) is 1.42. The van der Waals surface area contributed by atoms with E-state index in [4.69, 9.17) is 18.5 Å². The lowest BCUT2D eigenvalue weighted by atomic mass is 10.1. The van der Waals surface area contributed by atoms with E-state index < -0.39 is 32.5 Å². The molecule has 1 unspecified atom stereocenters. The summed E-state index contributed by atoms with van der Waals surface area (Å²) in [5, 5.41) is 0. The highest BCUT2D eigenvalue weighted by molar-refractivity contribution is 7.47. The van der Waals surface area contributed by atoms with Crippen LogP contribution in [-0.4, -0.2) is 74.9 Å². The Morgan fingerprint density at radius 1 is 0.534 bits per heavy atom. The highest BCUT2D eigenvalue weighted by atomic mass is 31.2. The first-order valence-corrected chi connectivity index (χ1v) is 23.8. The number of esters is 2. The Hall–Kier alpha value is -2.81. The van der Waals surface area contributed by atoms with Gasteiger partial charge in [0.2, 0.25) is 0 Å². The van der Waals surface area contributed by atoms with Crippen LogP contribution in [0.1, 0.15) is 155 Å². The molecule has 0 saturated heterocycles. The molecular formula is C48H83NO8P+. The summed E-state index contributed by atoms with van der Waals surface area (Å²) in [6.45, 7) is 4.25. The zero-order chi connectivity index (χ0) is 42.8. The fraction of sp³-hybridized carbons (Fsp3) is 0.667. The summed E-state index contributed by atoms with van der Waals surface area (Å²) < 4.78 is 34.2. The molecule has 0 fully saturated rings. The van der Waals surface area contributed by atoms with Crippen LogP contribution in [0.4, 0.5) is 0 Å². The maximum absolute atomic E-state index is 12.7. The summed E-state index contributed by atoms with van der Waals surface area (Å²) in [6, 6.07) is 0. The normalized spacial score (nSPS) is 14.4. The van der Waals surface area contributed by atoms with E-state index in [1.807, 2.05) is 21.1 Å². The second kappa shape index (κ2) is 39.6. The highest BCUT2D eigenvalue weighted by Crippen LogP contribution is 2.43. The highest BCUT2D eigenvalue weighted by Gasteiger charge is 2.27. The van der Waals surface area contributed by atoms with Gasteiger partial charge in [-0.05, 0) is 89.9 Å². The van der Waals surface area contributed by atoms with Gasteiger partial charge >= 0.3 is 19.8 Å². The van der Waals surface area contributed by atoms with Crippen LogP contribution in [0.2, 0.25) is 0 Å². The van der Waals surface area contributed by atoms with Crippen molar-refractivity contribution in [2.24, 2.45) is 0 Å². The van der Waals surface area contributed by atoms with Crippen molar-refractivity contribution < 1.29 is 42.1 Å². The standard InChI is InChI=1S/C48H82NO8P/c1-6-8-10-12-14-16-18-20-22-24-26-28-30-32-34-36-38-40-47(50)54-44-46(45-56-58(52,53)55-43-42-49(3,4)5)57-48(51)41-39-37-35-33-31-29-27-25-23-21-19-17-15-13-11-9-7-2/h14-17,20-23,26-29,32,34,46H,6-13,18-19,24-25,30-31,33,35-45H2,1-5H3/p+1/b16-14+,17-15+,22-20+,23-21+,28-26+,29-27+,34-32+/t46-/m1/s1. The van der Waals surface area contributed by atoms with Crippen molar-refractivity contribution in [3.63, 3.8) is 0 Å². The number of phosphoric acid groups is 1. The number of ether oxygens (including phenoxy) is 2. The van der Waals surface area contributed by atoms with Crippen molar-refractivity contribution in [3.05, 3.63) is 85.1 Å². The van der Waals surface area contributed by atoms with Crippen LogP contribution in [0.25, 0.3) is 0 Å². The third-order valence-electron chi connectivity index (χ3n) is 8.90. The zero-order valence-electron chi connectivity index (χ0n) is 37.2. The van der Waals surface area contributed by atoms with Crippen molar-refractivity contribution in [1.82, 2.24) is 0 Å². The van der Waals surface area contributed by atoms with E-state index in [-0.39, 0.29) is 26.1 Å². The molecular weight excluding hydrogens is 750 g/mol. The van der Waals surface area contributed by atoms with Crippen LogP contribution in [0, 0.1) is 0 Å². The monoisotopic (exact) mass is 833 g/mol. The molecule has 58 heavy (non-hydrogen) atoms. The minimum Gasteiger partial charge on any atom is -0.462 e. The molecule has 0 aliphatic rings. The third kappa shape index (κ3) is 42.8. The van der Waals surface area contributed by atoms with Crippen molar-refractivity contribution in [2.45, 2.75) is 161 Å². The smallest absolute Gasteiger partial charge is 0.462 e. The first kappa shape index (κ1) is 55.2. The maximum atomic E-state index is 12.7. The SMILES string of the molecule is CCCCC/C=C/C/C=C/C/C=C/C/C=C/CCCC(=O)OC[C@H](COP(=O)(O)OCC[N+](C)(C)C)OC(=O)CCCCCC/C=C/C/C=C/C/C=C/CCCCC. The zero-order valence-corrected chi connectivity index (χ0v) is 38.1. The van der Waals surface area contributed by atoms with E-state index in [1.165, 1.54) is 51.4 Å². The van der Waals surface area contributed by atoms with Gasteiger partial charge in [-0.25, -0.2) is 4.57 Å². The maximum Gasteiger partial charge on any atom is 0.472 e. The minimum absolute atomic E-state index is 0.0140. The van der Waals surface area contributed by atoms with Gasteiger partial charge in [0.05, 0.1) is 27.7 Å². The minimum atomic E-state index is -4.40. The molecule has 2 atom stereocenters. The summed E-state index contributed by atoms with van der Waals surface area (Å²) in [5.74, 6) is -0.898. The average Bonchev–Trinajstić information content (AvgIpc) is 3.17. The van der Waals surface area contributed by atoms with E-state index in [2.05, 4.69) is 98.9 Å². The van der Waals surface area contributed by atoms with Crippen LogP contribution < -0.4 is 0 Å². The second-order valence-corrected chi connectivity index (χ2v) is 17.2. The van der Waals surface area contributed by atoms with Gasteiger partial charge in [0.25, 0.3) is 0 Å². The summed E-state index contributed by atoms with van der Waals surface area (Å²) in [4.78, 5) is 35.4. The van der Waals surface area contributed by atoms with Gasteiger partial charge < -0.3 is 18.9 Å². The molecule has 0 aromatic rings. The number of unbranched alkanes of at least 4 members (excludes halogenated alkanes) is 11. The number of carbonyl (C=O) groups excluding carboxylic acids is 2. The lowest BCUT2D eigenvalue weighted by Crippen LogP contribution is -2.37. The van der Waals surface area contributed by atoms with Gasteiger partial charge in [-0.15, -0.1) is 0 Å². The summed E-state index contributed by atoms with van der Waals surface area (Å²) in [5.41, 5.74) is 0. The molecule has 0 heterocycles. The number of hydrogen-bond acceptors (Lipinski definition) is 7. The van der Waals surface area contributed by atoms with Gasteiger partial charge in [0.15, 0.2) is 6.10 Å². The van der Waals surface area contributed by atoms with Gasteiger partial charge in [-0.1, -0.05) is 137 Å². The molecule has 0 aromatic heterocycles. The van der Waals surface area contributed by atoms with Gasteiger partial charge in [-0.3, -0.25) is 18.6 Å². The molecule has 0 saturated carbocycles. The molecule has 0 bridgehead atoms. The van der Waals surface area contributed by atoms with Crippen molar-refractivity contribution in [1.29, 1.82) is 0 Å². The number of quaternary nitrogens is 1. The first-order chi connectivity index (χ1) is 28.0. The van der Waals surface area contributed by atoms with Crippen molar-refractivity contribution in [3.8, 4) is 0 Å². The molecule has 0 rings (SSSR count). The number of nitrogens with zero attached hydrogens (tertiary/aromatic N) is 1. The lowest BCUT2D eigenvalue weighted by Gasteiger charge is -2.24. The molecule has 0 aromatic carbocycles. The summed E-state index contributed by atoms with van der Waals surface area (Å²) >= 11 is 0. The number of likely N-dealkylation sites (N-methyl/N-ethyl adjacent to an activating group) is 1. The molecule has 0 spiro atoms. The predicted octanol–water partition coefficient (Wildman–Crippen LogP) is 12.8. The molecule has 0 radical (unpaired) electrons. The Labute approximate surface area is 354 Å². The van der Waals surface area contributed by atoms with Gasteiger partial charge in [0, 0.05) is 12.8 Å². The Morgan fingerprint density at radius 2 is 0.948 bits per heavy atom. The molecule has 0 aliphatic heterocycles. The second-order valence-electron chi connectivity index (χ2n) is 15.7. The van der Waals surface area contributed by atoms with Crippen molar-refractivity contribution >= 4 is 19.8 Å². The third-order valence-corrected chi connectivity index (χ3v) is 9.88. The molecule has 0 aliphatic carbocycles. The van der Waals surface area contributed by atoms with Crippen LogP contribution in [0.3, 0.4) is 0 Å². The van der Waals surface area contributed by atoms with E-state index in [0.29, 0.717) is 23.9 Å². The fourth-order valence-corrected chi connectivity index (χ4v) is 6.11. The van der Waals surface area contributed by atoms with E-state index in [1.54, 1.807) is 0 Å². The number of allylic oxidation sites excluding steroid dienone is 14. The average molecular weight is 833 g/mol. The first-order valence-electron chi connectivity index (χ1n) is 22.3.